The highest BCUT2D eigenvalue weighted by Crippen LogP contribution is 2.17. The molecule has 0 N–H and O–H groups in total. The molecule has 0 unspecified atom stereocenters. The largest absolute Gasteiger partial charge is 0.485 e. The van der Waals surface area contributed by atoms with Gasteiger partial charge in [0.1, 0.15) is 11.6 Å². The van der Waals surface area contributed by atoms with Crippen LogP contribution in [0.2, 0.25) is 5.02 Å². The first kappa shape index (κ1) is 13.6. The summed E-state index contributed by atoms with van der Waals surface area (Å²) in [5.41, 5.74) is 0.803. The highest BCUT2D eigenvalue weighted by atomic mass is 35.5. The Balaban J connectivity index is 2.03. The summed E-state index contributed by atoms with van der Waals surface area (Å²) >= 11 is 5.80. The van der Waals surface area contributed by atoms with E-state index < -0.39 is 5.82 Å². The zero-order valence-corrected chi connectivity index (χ0v) is 11.1. The molecule has 0 spiro atoms. The lowest BCUT2D eigenvalue weighted by molar-refractivity contribution is 0.0921. The standard InChI is InChI=1S/C15H12ClFO2/c1-10-5-6-11(7-14(10)17)15(18)9-19-13-4-2-3-12(16)8-13/h2-8H,9H2,1H3. The number of carbonyl (C=O) groups is 1. The van der Waals surface area contributed by atoms with E-state index in [1.807, 2.05) is 0 Å². The number of halogens is 2. The number of hydrogen-bond donors (Lipinski definition) is 0. The molecule has 0 aliphatic carbocycles. The Kier molecular flexibility index (Phi) is 4.17. The van der Waals surface area contributed by atoms with Crippen LogP contribution in [0.4, 0.5) is 4.39 Å². The van der Waals surface area contributed by atoms with E-state index in [1.165, 1.54) is 6.07 Å². The van der Waals surface area contributed by atoms with Gasteiger partial charge in [0.15, 0.2) is 12.4 Å². The molecule has 2 aromatic carbocycles. The van der Waals surface area contributed by atoms with Crippen molar-refractivity contribution in [3.8, 4) is 5.75 Å². The maximum Gasteiger partial charge on any atom is 0.200 e. The fourth-order valence-corrected chi connectivity index (χ4v) is 1.74. The number of ether oxygens (including phenoxy) is 1. The monoisotopic (exact) mass is 278 g/mol. The Morgan fingerprint density at radius 2 is 2.05 bits per heavy atom. The third kappa shape index (κ3) is 3.55. The van der Waals surface area contributed by atoms with Gasteiger partial charge in [-0.05, 0) is 36.8 Å². The van der Waals surface area contributed by atoms with Crippen LogP contribution in [0, 0.1) is 12.7 Å². The Labute approximate surface area is 115 Å². The Bertz CT molecular complexity index is 611. The molecular formula is C15H12ClFO2. The van der Waals surface area contributed by atoms with E-state index in [4.69, 9.17) is 16.3 Å². The molecule has 0 saturated carbocycles. The zero-order valence-electron chi connectivity index (χ0n) is 10.3. The molecule has 2 nitrogen and oxygen atoms in total. The van der Waals surface area contributed by atoms with Crippen molar-refractivity contribution in [1.82, 2.24) is 0 Å². The SMILES string of the molecule is Cc1ccc(C(=O)COc2cccc(Cl)c2)cc1F. The first-order chi connectivity index (χ1) is 9.06. The lowest BCUT2D eigenvalue weighted by Gasteiger charge is -2.06. The predicted octanol–water partition coefficient (Wildman–Crippen LogP) is 4.05. The summed E-state index contributed by atoms with van der Waals surface area (Å²) in [7, 11) is 0. The van der Waals surface area contributed by atoms with E-state index in [0.29, 0.717) is 21.9 Å². The fourth-order valence-electron chi connectivity index (χ4n) is 1.56. The summed E-state index contributed by atoms with van der Waals surface area (Å²) in [6.45, 7) is 1.49. The zero-order chi connectivity index (χ0) is 13.8. The van der Waals surface area contributed by atoms with Crippen LogP contribution in [-0.2, 0) is 0 Å². The average Bonchev–Trinajstić information content (AvgIpc) is 2.39. The van der Waals surface area contributed by atoms with Gasteiger partial charge in [0.05, 0.1) is 0 Å². The molecule has 2 rings (SSSR count). The normalized spacial score (nSPS) is 10.3. The second-order valence-electron chi connectivity index (χ2n) is 4.13. The Morgan fingerprint density at radius 3 is 2.74 bits per heavy atom. The van der Waals surface area contributed by atoms with Gasteiger partial charge >= 0.3 is 0 Å². The first-order valence-electron chi connectivity index (χ1n) is 5.74. The number of benzene rings is 2. The van der Waals surface area contributed by atoms with Crippen LogP contribution in [0.5, 0.6) is 5.75 Å². The molecule has 0 heterocycles. The van der Waals surface area contributed by atoms with Gasteiger partial charge in [-0.15, -0.1) is 0 Å². The Hall–Kier alpha value is -1.87. The van der Waals surface area contributed by atoms with Gasteiger partial charge in [-0.1, -0.05) is 29.8 Å². The third-order valence-corrected chi connectivity index (χ3v) is 2.89. The van der Waals surface area contributed by atoms with Gasteiger partial charge in [0.25, 0.3) is 0 Å². The summed E-state index contributed by atoms with van der Waals surface area (Å²) in [5, 5.41) is 0.534. The van der Waals surface area contributed by atoms with Crippen LogP contribution in [0.25, 0.3) is 0 Å². The van der Waals surface area contributed by atoms with E-state index >= 15 is 0 Å². The van der Waals surface area contributed by atoms with Crippen molar-refractivity contribution in [2.75, 3.05) is 6.61 Å². The van der Waals surface area contributed by atoms with Crippen molar-refractivity contribution in [3.63, 3.8) is 0 Å². The minimum Gasteiger partial charge on any atom is -0.485 e. The highest BCUT2D eigenvalue weighted by Gasteiger charge is 2.09. The van der Waals surface area contributed by atoms with Crippen LogP contribution < -0.4 is 4.74 Å². The topological polar surface area (TPSA) is 26.3 Å². The van der Waals surface area contributed by atoms with Gasteiger partial charge in [0, 0.05) is 10.6 Å². The molecule has 98 valence electrons. The number of carbonyl (C=O) groups excluding carboxylic acids is 1. The minimum absolute atomic E-state index is 0.150. The molecule has 0 bridgehead atoms. The number of Topliss-reactive ketones (excluding diaryl/α,β-unsaturated/α-hetero) is 1. The van der Waals surface area contributed by atoms with Crippen molar-refractivity contribution in [1.29, 1.82) is 0 Å². The summed E-state index contributed by atoms with van der Waals surface area (Å²) in [5.74, 6) is -0.166. The molecule has 0 aliphatic rings. The molecule has 0 aromatic heterocycles. The smallest absolute Gasteiger partial charge is 0.200 e. The van der Waals surface area contributed by atoms with Crippen LogP contribution in [-0.4, -0.2) is 12.4 Å². The molecule has 0 fully saturated rings. The molecular weight excluding hydrogens is 267 g/mol. The van der Waals surface area contributed by atoms with Crippen molar-refractivity contribution in [3.05, 3.63) is 64.4 Å². The molecule has 0 atom stereocenters. The number of rotatable bonds is 4. The second-order valence-corrected chi connectivity index (χ2v) is 4.57. The number of ketones is 1. The summed E-state index contributed by atoms with van der Waals surface area (Å²) < 4.78 is 18.7. The van der Waals surface area contributed by atoms with Gasteiger partial charge in [-0.3, -0.25) is 4.79 Å². The number of aryl methyl sites for hydroxylation is 1. The summed E-state index contributed by atoms with van der Waals surface area (Å²) in [6.07, 6.45) is 0. The summed E-state index contributed by atoms with van der Waals surface area (Å²) in [4.78, 5) is 11.8. The molecule has 19 heavy (non-hydrogen) atoms. The summed E-state index contributed by atoms with van der Waals surface area (Å²) in [6, 6.07) is 11.1. The van der Waals surface area contributed by atoms with E-state index in [9.17, 15) is 9.18 Å². The molecule has 2 aromatic rings. The van der Waals surface area contributed by atoms with E-state index in [0.717, 1.165) is 0 Å². The average molecular weight is 279 g/mol. The maximum absolute atomic E-state index is 13.3. The van der Waals surface area contributed by atoms with E-state index in [2.05, 4.69) is 0 Å². The van der Waals surface area contributed by atoms with Crippen molar-refractivity contribution in [2.24, 2.45) is 0 Å². The van der Waals surface area contributed by atoms with Crippen LogP contribution in [0.15, 0.2) is 42.5 Å². The van der Waals surface area contributed by atoms with Crippen LogP contribution in [0.3, 0.4) is 0 Å². The van der Waals surface area contributed by atoms with Crippen molar-refractivity contribution in [2.45, 2.75) is 6.92 Å². The fraction of sp³-hybridized carbons (Fsp3) is 0.133. The lowest BCUT2D eigenvalue weighted by Crippen LogP contribution is -2.12. The first-order valence-corrected chi connectivity index (χ1v) is 6.12. The number of hydrogen-bond acceptors (Lipinski definition) is 2. The molecule has 0 radical (unpaired) electrons. The van der Waals surface area contributed by atoms with Crippen LogP contribution >= 0.6 is 11.6 Å². The molecule has 0 aliphatic heterocycles. The molecule has 4 heteroatoms. The van der Waals surface area contributed by atoms with Crippen molar-refractivity contribution >= 4 is 17.4 Å². The maximum atomic E-state index is 13.3. The second kappa shape index (κ2) is 5.85. The van der Waals surface area contributed by atoms with E-state index in [1.54, 1.807) is 43.3 Å². The molecule has 0 amide bonds. The van der Waals surface area contributed by atoms with Crippen LogP contribution in [0.1, 0.15) is 15.9 Å². The van der Waals surface area contributed by atoms with Gasteiger partial charge in [-0.25, -0.2) is 4.39 Å². The lowest BCUT2D eigenvalue weighted by atomic mass is 10.1. The highest BCUT2D eigenvalue weighted by molar-refractivity contribution is 6.30. The Morgan fingerprint density at radius 1 is 1.26 bits per heavy atom. The third-order valence-electron chi connectivity index (χ3n) is 2.66. The minimum atomic E-state index is -0.395. The predicted molar refractivity (Wildman–Crippen MR) is 72.4 cm³/mol. The molecule has 0 saturated heterocycles. The quantitative estimate of drug-likeness (QED) is 0.789. The van der Waals surface area contributed by atoms with Gasteiger partial charge < -0.3 is 4.74 Å². The van der Waals surface area contributed by atoms with E-state index in [-0.39, 0.29) is 12.4 Å². The van der Waals surface area contributed by atoms with Gasteiger partial charge in [0.2, 0.25) is 0 Å². The van der Waals surface area contributed by atoms with Crippen molar-refractivity contribution < 1.29 is 13.9 Å². The van der Waals surface area contributed by atoms with Gasteiger partial charge in [-0.2, -0.15) is 0 Å².